The van der Waals surface area contributed by atoms with E-state index in [0.717, 1.165) is 23.9 Å². The number of carbonyl (C=O) groups excluding carboxylic acids is 3. The van der Waals surface area contributed by atoms with Crippen LogP contribution in [-0.4, -0.2) is 73.1 Å². The number of amides is 4. The zero-order valence-corrected chi connectivity index (χ0v) is 16.5. The van der Waals surface area contributed by atoms with Crippen LogP contribution < -0.4 is 10.6 Å². The van der Waals surface area contributed by atoms with Gasteiger partial charge in [0.05, 0.1) is 12.6 Å². The third kappa shape index (κ3) is 5.67. The molecule has 1 unspecified atom stereocenters. The monoisotopic (exact) mass is 438 g/mol. The molecule has 2 N–H and O–H groups in total. The molecule has 2 heterocycles. The van der Waals surface area contributed by atoms with Gasteiger partial charge in [-0.1, -0.05) is 15.9 Å². The number of nitrogens with one attached hydrogen (secondary N) is 2. The van der Waals surface area contributed by atoms with Crippen LogP contribution in [0.2, 0.25) is 0 Å². The number of rotatable bonds is 5. The summed E-state index contributed by atoms with van der Waals surface area (Å²) in [5, 5.41) is 5.58. The minimum atomic E-state index is -0.326. The van der Waals surface area contributed by atoms with E-state index in [9.17, 15) is 14.4 Å². The van der Waals surface area contributed by atoms with E-state index in [1.807, 2.05) is 12.1 Å². The Bertz CT molecular complexity index is 691. The number of halogens is 1. The lowest BCUT2D eigenvalue weighted by Crippen LogP contribution is -2.55. The van der Waals surface area contributed by atoms with Crippen molar-refractivity contribution in [2.24, 2.45) is 0 Å². The average molecular weight is 439 g/mol. The van der Waals surface area contributed by atoms with Crippen LogP contribution in [0, 0.1) is 0 Å². The lowest BCUT2D eigenvalue weighted by Gasteiger charge is -2.34. The van der Waals surface area contributed by atoms with Gasteiger partial charge < -0.3 is 25.2 Å². The third-order valence-corrected chi connectivity index (χ3v) is 5.12. The Morgan fingerprint density at radius 2 is 2.00 bits per heavy atom. The molecule has 0 aliphatic carbocycles. The Kier molecular flexibility index (Phi) is 6.68. The van der Waals surface area contributed by atoms with Crippen molar-refractivity contribution in [3.05, 3.63) is 28.7 Å². The van der Waals surface area contributed by atoms with Gasteiger partial charge in [0, 0.05) is 36.4 Å². The summed E-state index contributed by atoms with van der Waals surface area (Å²) in [6.07, 6.45) is 2.04. The molecule has 1 aromatic carbocycles. The molecule has 0 spiro atoms. The van der Waals surface area contributed by atoms with Gasteiger partial charge in [0.1, 0.15) is 6.54 Å². The number of urea groups is 1. The molecule has 2 saturated heterocycles. The molecule has 1 atom stereocenters. The van der Waals surface area contributed by atoms with Crippen molar-refractivity contribution in [3.63, 3.8) is 0 Å². The molecule has 9 heteroatoms. The van der Waals surface area contributed by atoms with Crippen molar-refractivity contribution in [1.29, 1.82) is 0 Å². The molecule has 1 aromatic rings. The summed E-state index contributed by atoms with van der Waals surface area (Å²) < 4.78 is 6.38. The fourth-order valence-corrected chi connectivity index (χ4v) is 3.31. The molecule has 146 valence electrons. The number of hydrogen-bond donors (Lipinski definition) is 2. The predicted molar refractivity (Wildman–Crippen MR) is 103 cm³/mol. The normalized spacial score (nSPS) is 19.9. The lowest BCUT2D eigenvalue weighted by atomic mass is 10.2. The SMILES string of the molecule is O=C(CN1CCN(C(=O)Nc2ccc(Br)cc2)CC1=O)NCC1CCCO1. The summed E-state index contributed by atoms with van der Waals surface area (Å²) in [5.41, 5.74) is 0.659. The smallest absolute Gasteiger partial charge is 0.322 e. The molecule has 2 fully saturated rings. The van der Waals surface area contributed by atoms with E-state index in [-0.39, 0.29) is 37.0 Å². The van der Waals surface area contributed by atoms with Crippen molar-refractivity contribution in [1.82, 2.24) is 15.1 Å². The first-order valence-corrected chi connectivity index (χ1v) is 9.78. The highest BCUT2D eigenvalue weighted by Gasteiger charge is 2.28. The highest BCUT2D eigenvalue weighted by molar-refractivity contribution is 9.10. The minimum absolute atomic E-state index is 0.00766. The maximum atomic E-state index is 12.3. The molecule has 3 rings (SSSR count). The van der Waals surface area contributed by atoms with Crippen molar-refractivity contribution >= 4 is 39.5 Å². The quantitative estimate of drug-likeness (QED) is 0.726. The number of nitrogens with zero attached hydrogens (tertiary/aromatic N) is 2. The standard InChI is InChI=1S/C18H23BrN4O4/c19-13-3-5-14(6-4-13)21-18(26)23-8-7-22(17(25)12-23)11-16(24)20-10-15-2-1-9-27-15/h3-6,15H,1-2,7-12H2,(H,20,24)(H,21,26). The zero-order chi connectivity index (χ0) is 19.2. The minimum Gasteiger partial charge on any atom is -0.376 e. The molecule has 2 aliphatic heterocycles. The van der Waals surface area contributed by atoms with Crippen LogP contribution in [0.4, 0.5) is 10.5 Å². The molecule has 0 saturated carbocycles. The molecule has 2 aliphatic rings. The van der Waals surface area contributed by atoms with Gasteiger partial charge >= 0.3 is 6.03 Å². The molecular formula is C18H23BrN4O4. The van der Waals surface area contributed by atoms with Crippen molar-refractivity contribution in [2.45, 2.75) is 18.9 Å². The Morgan fingerprint density at radius 1 is 1.22 bits per heavy atom. The van der Waals surface area contributed by atoms with E-state index >= 15 is 0 Å². The lowest BCUT2D eigenvalue weighted by molar-refractivity contribution is -0.139. The van der Waals surface area contributed by atoms with Crippen LogP contribution in [0.15, 0.2) is 28.7 Å². The van der Waals surface area contributed by atoms with Crippen LogP contribution >= 0.6 is 15.9 Å². The maximum absolute atomic E-state index is 12.3. The van der Waals surface area contributed by atoms with Crippen LogP contribution in [-0.2, 0) is 14.3 Å². The molecule has 0 radical (unpaired) electrons. The van der Waals surface area contributed by atoms with E-state index < -0.39 is 0 Å². The number of benzene rings is 1. The third-order valence-electron chi connectivity index (χ3n) is 4.59. The summed E-state index contributed by atoms with van der Waals surface area (Å²) in [6, 6.07) is 6.88. The Hall–Kier alpha value is -2.13. The summed E-state index contributed by atoms with van der Waals surface area (Å²) in [5.74, 6) is -0.439. The molecule has 27 heavy (non-hydrogen) atoms. The van der Waals surface area contributed by atoms with Crippen LogP contribution in [0.5, 0.6) is 0 Å². The molecule has 4 amide bonds. The maximum Gasteiger partial charge on any atom is 0.322 e. The van der Waals surface area contributed by atoms with Gasteiger partial charge in [-0.25, -0.2) is 4.79 Å². The summed E-state index contributed by atoms with van der Waals surface area (Å²) in [6.45, 7) is 1.90. The fraction of sp³-hybridized carbons (Fsp3) is 0.500. The predicted octanol–water partition coefficient (Wildman–Crippen LogP) is 1.42. The molecule has 8 nitrogen and oxygen atoms in total. The molecular weight excluding hydrogens is 416 g/mol. The molecule has 0 bridgehead atoms. The van der Waals surface area contributed by atoms with Gasteiger partial charge in [0.2, 0.25) is 11.8 Å². The van der Waals surface area contributed by atoms with Crippen molar-refractivity contribution in [3.8, 4) is 0 Å². The highest BCUT2D eigenvalue weighted by Crippen LogP contribution is 2.15. The van der Waals surface area contributed by atoms with E-state index in [0.29, 0.717) is 25.3 Å². The number of anilines is 1. The van der Waals surface area contributed by atoms with E-state index in [1.165, 1.54) is 9.80 Å². The first-order valence-electron chi connectivity index (χ1n) is 8.99. The van der Waals surface area contributed by atoms with Crippen molar-refractivity contribution < 1.29 is 19.1 Å². The fourth-order valence-electron chi connectivity index (χ4n) is 3.05. The van der Waals surface area contributed by atoms with Gasteiger partial charge in [0.25, 0.3) is 0 Å². The second kappa shape index (κ2) is 9.18. The highest BCUT2D eigenvalue weighted by atomic mass is 79.9. The Labute approximate surface area is 166 Å². The second-order valence-corrected chi connectivity index (χ2v) is 7.53. The number of carbonyl (C=O) groups is 3. The van der Waals surface area contributed by atoms with Gasteiger partial charge in [-0.2, -0.15) is 0 Å². The summed E-state index contributed by atoms with van der Waals surface area (Å²) >= 11 is 3.34. The van der Waals surface area contributed by atoms with Crippen LogP contribution in [0.1, 0.15) is 12.8 Å². The molecule has 0 aromatic heterocycles. The average Bonchev–Trinajstić information content (AvgIpc) is 3.17. The Morgan fingerprint density at radius 3 is 2.67 bits per heavy atom. The van der Waals surface area contributed by atoms with Crippen molar-refractivity contribution in [2.75, 3.05) is 44.6 Å². The topological polar surface area (TPSA) is 91.0 Å². The van der Waals surface area contributed by atoms with Gasteiger partial charge in [-0.15, -0.1) is 0 Å². The van der Waals surface area contributed by atoms with Crippen LogP contribution in [0.3, 0.4) is 0 Å². The number of piperazine rings is 1. The zero-order valence-electron chi connectivity index (χ0n) is 14.9. The first-order chi connectivity index (χ1) is 13.0. The second-order valence-electron chi connectivity index (χ2n) is 6.61. The van der Waals surface area contributed by atoms with Crippen LogP contribution in [0.25, 0.3) is 0 Å². The first kappa shape index (κ1) is 19.6. The van der Waals surface area contributed by atoms with E-state index in [2.05, 4.69) is 26.6 Å². The summed E-state index contributed by atoms with van der Waals surface area (Å²) in [7, 11) is 0. The van der Waals surface area contributed by atoms with Gasteiger partial charge in [-0.3, -0.25) is 9.59 Å². The number of hydrogen-bond acceptors (Lipinski definition) is 4. The van der Waals surface area contributed by atoms with Gasteiger partial charge in [0.15, 0.2) is 0 Å². The summed E-state index contributed by atoms with van der Waals surface area (Å²) in [4.78, 5) is 39.6. The Balaban J connectivity index is 1.42. The van der Waals surface area contributed by atoms with Gasteiger partial charge in [-0.05, 0) is 37.1 Å². The number of ether oxygens (including phenoxy) is 1. The van der Waals surface area contributed by atoms with E-state index in [4.69, 9.17) is 4.74 Å². The largest absolute Gasteiger partial charge is 0.376 e. The van der Waals surface area contributed by atoms with E-state index in [1.54, 1.807) is 12.1 Å².